The third kappa shape index (κ3) is 2.91. The van der Waals surface area contributed by atoms with E-state index in [9.17, 15) is 9.59 Å². The molecule has 7 nitrogen and oxygen atoms in total. The number of fused-ring (bicyclic) bond motifs is 2. The third-order valence-corrected chi connectivity index (χ3v) is 7.16. The fraction of sp³-hybridized carbons (Fsp3) is 0.417. The maximum absolute atomic E-state index is 13.6. The van der Waals surface area contributed by atoms with E-state index in [4.69, 9.17) is 4.74 Å². The number of carbonyl (C=O) groups is 2. The normalized spacial score (nSPS) is 30.6. The van der Waals surface area contributed by atoms with Crippen LogP contribution in [0.25, 0.3) is 0 Å². The number of rotatable bonds is 4. The number of hydrogen-bond acceptors (Lipinski definition) is 5. The summed E-state index contributed by atoms with van der Waals surface area (Å²) in [5.74, 6) is -0.803. The van der Waals surface area contributed by atoms with Crippen LogP contribution in [-0.2, 0) is 33.7 Å². The highest BCUT2D eigenvalue weighted by atomic mass is 16.5. The highest BCUT2D eigenvalue weighted by Gasteiger charge is 2.67. The quantitative estimate of drug-likeness (QED) is 0.704. The van der Waals surface area contributed by atoms with E-state index in [-0.39, 0.29) is 17.9 Å². The minimum Gasteiger partial charge on any atom is -0.360 e. The first-order valence-electron chi connectivity index (χ1n) is 10.9. The van der Waals surface area contributed by atoms with Gasteiger partial charge in [-0.15, -0.1) is 0 Å². The van der Waals surface area contributed by atoms with Gasteiger partial charge in [-0.3, -0.25) is 19.6 Å². The van der Waals surface area contributed by atoms with E-state index in [1.54, 1.807) is 18.6 Å². The number of likely N-dealkylation sites (tertiary alicyclic amines) is 1. The standard InChI is InChI=1S/C24H24N4O3/c29-22(27-13-7-18-17(14-27)2-1-9-26-18)20-19-3-8-24(31-19)15-28(23(30)21(20)24)12-6-16-4-10-25-11-5-16/h1-5,8-11,19-21H,6-7,12-15H2/t19-,20-,21+,24-/m0/s1. The molecule has 4 aliphatic heterocycles. The summed E-state index contributed by atoms with van der Waals surface area (Å²) in [5.41, 5.74) is 2.64. The number of carbonyl (C=O) groups excluding carboxylic acids is 2. The van der Waals surface area contributed by atoms with Crippen molar-refractivity contribution in [3.8, 4) is 0 Å². The van der Waals surface area contributed by atoms with Crippen LogP contribution in [0.2, 0.25) is 0 Å². The highest BCUT2D eigenvalue weighted by molar-refractivity contribution is 5.93. The monoisotopic (exact) mass is 416 g/mol. The van der Waals surface area contributed by atoms with E-state index in [1.807, 2.05) is 46.2 Å². The molecule has 0 unspecified atom stereocenters. The van der Waals surface area contributed by atoms with E-state index < -0.39 is 17.4 Å². The molecule has 1 spiro atoms. The maximum atomic E-state index is 13.6. The van der Waals surface area contributed by atoms with E-state index in [1.165, 1.54) is 0 Å². The van der Waals surface area contributed by atoms with Crippen LogP contribution in [0.15, 0.2) is 55.0 Å². The molecule has 0 aliphatic carbocycles. The molecule has 31 heavy (non-hydrogen) atoms. The maximum Gasteiger partial charge on any atom is 0.230 e. The van der Waals surface area contributed by atoms with Gasteiger partial charge in [0.05, 0.1) is 24.5 Å². The number of amides is 2. The van der Waals surface area contributed by atoms with Crippen molar-refractivity contribution in [2.45, 2.75) is 31.1 Å². The van der Waals surface area contributed by atoms with Crippen molar-refractivity contribution in [2.75, 3.05) is 19.6 Å². The lowest BCUT2D eigenvalue weighted by Crippen LogP contribution is -2.47. The average molecular weight is 416 g/mol. The molecule has 2 saturated heterocycles. The minimum absolute atomic E-state index is 0.0278. The summed E-state index contributed by atoms with van der Waals surface area (Å²) >= 11 is 0. The van der Waals surface area contributed by atoms with Crippen molar-refractivity contribution >= 4 is 11.8 Å². The largest absolute Gasteiger partial charge is 0.360 e. The molecule has 6 rings (SSSR count). The van der Waals surface area contributed by atoms with Crippen LogP contribution in [-0.4, -0.2) is 62.9 Å². The molecule has 2 bridgehead atoms. The molecule has 0 aromatic carbocycles. The zero-order valence-electron chi connectivity index (χ0n) is 17.2. The number of hydrogen-bond donors (Lipinski definition) is 0. The van der Waals surface area contributed by atoms with Crippen molar-refractivity contribution in [1.29, 1.82) is 0 Å². The first-order valence-corrected chi connectivity index (χ1v) is 10.9. The summed E-state index contributed by atoms with van der Waals surface area (Å²) in [4.78, 5) is 39.2. The molecule has 0 N–H and O–H groups in total. The van der Waals surface area contributed by atoms with Crippen molar-refractivity contribution in [2.24, 2.45) is 11.8 Å². The molecule has 0 saturated carbocycles. The van der Waals surface area contributed by atoms with E-state index in [0.29, 0.717) is 26.2 Å². The van der Waals surface area contributed by atoms with Gasteiger partial charge in [0.1, 0.15) is 5.60 Å². The Kier molecular flexibility index (Phi) is 4.21. The Morgan fingerprint density at radius 1 is 1.23 bits per heavy atom. The van der Waals surface area contributed by atoms with E-state index in [0.717, 1.165) is 29.7 Å². The van der Waals surface area contributed by atoms with Crippen LogP contribution in [0.5, 0.6) is 0 Å². The molecule has 2 amide bonds. The highest BCUT2D eigenvalue weighted by Crippen LogP contribution is 2.52. The van der Waals surface area contributed by atoms with Gasteiger partial charge < -0.3 is 14.5 Å². The summed E-state index contributed by atoms with van der Waals surface area (Å²) < 4.78 is 6.29. The van der Waals surface area contributed by atoms with Crippen LogP contribution in [0, 0.1) is 11.8 Å². The minimum atomic E-state index is -0.657. The van der Waals surface area contributed by atoms with Gasteiger partial charge in [-0.05, 0) is 35.7 Å². The molecule has 6 heterocycles. The van der Waals surface area contributed by atoms with Gasteiger partial charge in [-0.25, -0.2) is 0 Å². The Balaban J connectivity index is 1.21. The second-order valence-corrected chi connectivity index (χ2v) is 8.88. The molecular weight excluding hydrogens is 392 g/mol. The van der Waals surface area contributed by atoms with E-state index >= 15 is 0 Å². The lowest BCUT2D eigenvalue weighted by molar-refractivity contribution is -0.143. The van der Waals surface area contributed by atoms with E-state index in [2.05, 4.69) is 9.97 Å². The zero-order chi connectivity index (χ0) is 21.0. The summed E-state index contributed by atoms with van der Waals surface area (Å²) in [7, 11) is 0. The molecular formula is C24H24N4O3. The number of pyridine rings is 2. The molecule has 2 aromatic rings. The van der Waals surface area contributed by atoms with Gasteiger partial charge in [-0.1, -0.05) is 18.2 Å². The lowest BCUT2D eigenvalue weighted by atomic mass is 9.76. The molecule has 7 heteroatoms. The number of ether oxygens (including phenoxy) is 1. The van der Waals surface area contributed by atoms with Crippen molar-refractivity contribution in [3.63, 3.8) is 0 Å². The van der Waals surface area contributed by atoms with Gasteiger partial charge in [0.2, 0.25) is 11.8 Å². The molecule has 0 radical (unpaired) electrons. The van der Waals surface area contributed by atoms with Gasteiger partial charge in [0.25, 0.3) is 0 Å². The van der Waals surface area contributed by atoms with Crippen LogP contribution in [0.1, 0.15) is 16.8 Å². The first-order chi connectivity index (χ1) is 15.1. The Bertz CT molecular complexity index is 1070. The molecule has 158 valence electrons. The summed E-state index contributed by atoms with van der Waals surface area (Å²) in [5, 5.41) is 0. The summed E-state index contributed by atoms with van der Waals surface area (Å²) in [6.07, 6.45) is 10.5. The molecule has 4 aliphatic rings. The van der Waals surface area contributed by atoms with Crippen molar-refractivity contribution in [1.82, 2.24) is 19.8 Å². The Morgan fingerprint density at radius 2 is 2.10 bits per heavy atom. The van der Waals surface area contributed by atoms with Crippen LogP contribution < -0.4 is 0 Å². The number of aromatic nitrogens is 2. The molecule has 4 atom stereocenters. The first kappa shape index (κ1) is 18.7. The van der Waals surface area contributed by atoms with Gasteiger partial charge >= 0.3 is 0 Å². The van der Waals surface area contributed by atoms with Crippen LogP contribution in [0.4, 0.5) is 0 Å². The van der Waals surface area contributed by atoms with Crippen LogP contribution in [0.3, 0.4) is 0 Å². The second kappa shape index (κ2) is 6.99. The SMILES string of the molecule is O=C([C@H]1[C@@H]2C=C[C@@]3(CN(CCc4ccncc4)C(=O)[C@@H]13)O2)N1CCc2ncccc2C1. The van der Waals surface area contributed by atoms with Crippen molar-refractivity contribution < 1.29 is 14.3 Å². The fourth-order valence-electron chi connectivity index (χ4n) is 5.63. The third-order valence-electron chi connectivity index (χ3n) is 7.16. The Morgan fingerprint density at radius 3 is 2.97 bits per heavy atom. The Labute approximate surface area is 180 Å². The van der Waals surface area contributed by atoms with Gasteiger partial charge in [-0.2, -0.15) is 0 Å². The molecule has 2 aromatic heterocycles. The summed E-state index contributed by atoms with van der Waals surface area (Å²) in [6, 6.07) is 7.88. The average Bonchev–Trinajstić information content (AvgIpc) is 3.45. The summed E-state index contributed by atoms with van der Waals surface area (Å²) in [6.45, 7) is 2.32. The topological polar surface area (TPSA) is 75.6 Å². The fourth-order valence-corrected chi connectivity index (χ4v) is 5.63. The van der Waals surface area contributed by atoms with Crippen LogP contribution >= 0.6 is 0 Å². The van der Waals surface area contributed by atoms with Gasteiger partial charge in [0.15, 0.2) is 0 Å². The predicted octanol–water partition coefficient (Wildman–Crippen LogP) is 1.39. The number of nitrogens with zero attached hydrogens (tertiary/aromatic N) is 4. The second-order valence-electron chi connectivity index (χ2n) is 8.88. The smallest absolute Gasteiger partial charge is 0.230 e. The molecule has 2 fully saturated rings. The predicted molar refractivity (Wildman–Crippen MR) is 112 cm³/mol. The van der Waals surface area contributed by atoms with Gasteiger partial charge in [0, 0.05) is 50.3 Å². The zero-order valence-corrected chi connectivity index (χ0v) is 17.2. The lowest BCUT2D eigenvalue weighted by Gasteiger charge is -2.33. The Hall–Kier alpha value is -3.06. The van der Waals surface area contributed by atoms with Crippen molar-refractivity contribution in [3.05, 3.63) is 71.8 Å².